The Bertz CT molecular complexity index is 3440. The lowest BCUT2D eigenvalue weighted by Crippen LogP contribution is -2.12. The van der Waals surface area contributed by atoms with E-state index in [0.717, 1.165) is 94.9 Å². The van der Waals surface area contributed by atoms with E-state index in [0.29, 0.717) is 22.6 Å². The van der Waals surface area contributed by atoms with Crippen LogP contribution in [0.2, 0.25) is 0 Å². The zero-order chi connectivity index (χ0) is 43.0. The third kappa shape index (κ3) is 7.29. The van der Waals surface area contributed by atoms with Crippen molar-refractivity contribution in [3.05, 3.63) is 210 Å². The van der Waals surface area contributed by atoms with Crippen LogP contribution in [0.15, 0.2) is 176 Å². The lowest BCUT2D eigenvalue weighted by Gasteiger charge is -2.09. The fourth-order valence-corrected chi connectivity index (χ4v) is 8.55. The summed E-state index contributed by atoms with van der Waals surface area (Å²) in [6, 6.07) is 55.0. The van der Waals surface area contributed by atoms with Gasteiger partial charge in [0.05, 0.1) is 34.2 Å². The Hall–Kier alpha value is -8.75. The summed E-state index contributed by atoms with van der Waals surface area (Å²) >= 11 is 0. The number of benzene rings is 4. The van der Waals surface area contributed by atoms with Crippen molar-refractivity contribution in [2.45, 2.75) is 6.92 Å². The maximum Gasteiger partial charge on any atom is 0.255 e. The van der Waals surface area contributed by atoms with Crippen molar-refractivity contribution in [1.82, 2.24) is 29.9 Å². The van der Waals surface area contributed by atoms with Crippen LogP contribution in [0.5, 0.6) is 0 Å². The van der Waals surface area contributed by atoms with Crippen LogP contribution >= 0.6 is 0 Å². The number of H-pyrrole nitrogens is 2. The van der Waals surface area contributed by atoms with Gasteiger partial charge in [0, 0.05) is 68.0 Å². The van der Waals surface area contributed by atoms with Gasteiger partial charge in [-0.2, -0.15) is 0 Å². The van der Waals surface area contributed by atoms with E-state index in [2.05, 4.69) is 147 Å². The second-order valence-corrected chi connectivity index (χ2v) is 15.8. The van der Waals surface area contributed by atoms with Crippen molar-refractivity contribution in [1.29, 1.82) is 0 Å². The van der Waals surface area contributed by atoms with Gasteiger partial charge in [0.2, 0.25) is 0 Å². The van der Waals surface area contributed by atoms with Crippen LogP contribution < -0.4 is 5.32 Å². The molecule has 5 aromatic heterocycles. The summed E-state index contributed by atoms with van der Waals surface area (Å²) in [7, 11) is 0. The molecule has 9 aromatic rings. The van der Waals surface area contributed by atoms with Crippen molar-refractivity contribution >= 4 is 58.0 Å². The standard InChI is InChI=1S/C56H39N7O/c1-35-29-31-57-50(33-35)51-34-40(30-32-58-51)56(64)59-41-19-17-39(18-20-41)55-48-27-25-46(62-48)53(37-13-7-3-8-14-37)44-23-21-42(60-44)52(36-11-5-2-6-12-36)43-22-24-45(61-43)54(38-15-9-4-10-16-38)47-26-28-49(55)63-47/h2-34,60,63H,1H3,(H,59,64). The Kier molecular flexibility index (Phi) is 9.71. The van der Waals surface area contributed by atoms with Gasteiger partial charge in [-0.05, 0) is 120 Å². The number of nitrogens with one attached hydrogen (secondary N) is 3. The van der Waals surface area contributed by atoms with Crippen LogP contribution in [-0.2, 0) is 0 Å². The monoisotopic (exact) mass is 825 g/mol. The molecule has 4 aromatic carbocycles. The van der Waals surface area contributed by atoms with Crippen molar-refractivity contribution < 1.29 is 4.79 Å². The van der Waals surface area contributed by atoms with Gasteiger partial charge in [-0.15, -0.1) is 0 Å². The lowest BCUT2D eigenvalue weighted by molar-refractivity contribution is 0.102. The predicted octanol–water partition coefficient (Wildman–Crippen LogP) is 13.3. The van der Waals surface area contributed by atoms with Crippen molar-refractivity contribution in [3.8, 4) is 55.9 Å². The zero-order valence-corrected chi connectivity index (χ0v) is 34.7. The minimum Gasteiger partial charge on any atom is -0.354 e. The molecular formula is C56H39N7O. The number of aromatic nitrogens is 6. The highest BCUT2D eigenvalue weighted by Gasteiger charge is 2.19. The second-order valence-electron chi connectivity index (χ2n) is 15.8. The van der Waals surface area contributed by atoms with Gasteiger partial charge in [0.15, 0.2) is 0 Å². The highest BCUT2D eigenvalue weighted by atomic mass is 16.1. The van der Waals surface area contributed by atoms with Gasteiger partial charge in [0.1, 0.15) is 0 Å². The number of anilines is 1. The first kappa shape index (κ1) is 38.2. The van der Waals surface area contributed by atoms with Gasteiger partial charge in [-0.25, -0.2) is 9.97 Å². The number of aryl methyl sites for hydroxylation is 1. The third-order valence-corrected chi connectivity index (χ3v) is 11.6. The van der Waals surface area contributed by atoms with Crippen LogP contribution in [0.4, 0.5) is 5.69 Å². The number of amides is 1. The summed E-state index contributed by atoms with van der Waals surface area (Å²) in [5.41, 5.74) is 18.6. The van der Waals surface area contributed by atoms with Crippen molar-refractivity contribution in [2.24, 2.45) is 0 Å². The molecule has 8 heteroatoms. The first-order valence-electron chi connectivity index (χ1n) is 21.2. The van der Waals surface area contributed by atoms with Gasteiger partial charge in [-0.3, -0.25) is 14.8 Å². The van der Waals surface area contributed by atoms with Crippen molar-refractivity contribution in [3.63, 3.8) is 0 Å². The Morgan fingerprint density at radius 2 is 0.828 bits per heavy atom. The third-order valence-electron chi connectivity index (χ3n) is 11.6. The van der Waals surface area contributed by atoms with Crippen LogP contribution in [0.25, 0.3) is 102 Å². The smallest absolute Gasteiger partial charge is 0.255 e. The molecule has 3 N–H and O–H groups in total. The minimum absolute atomic E-state index is 0.240. The Labute approximate surface area is 369 Å². The average Bonchev–Trinajstić information content (AvgIpc) is 4.19. The molecule has 8 bridgehead atoms. The number of rotatable bonds is 7. The number of aromatic amines is 2. The molecule has 0 spiro atoms. The lowest BCUT2D eigenvalue weighted by atomic mass is 10.0. The van der Waals surface area contributed by atoms with E-state index in [-0.39, 0.29) is 5.91 Å². The van der Waals surface area contributed by atoms with Gasteiger partial charge >= 0.3 is 0 Å². The van der Waals surface area contributed by atoms with E-state index < -0.39 is 0 Å². The molecular weight excluding hydrogens is 787 g/mol. The molecule has 304 valence electrons. The SMILES string of the molecule is Cc1ccnc(-c2cc(C(=O)Nc3ccc(-c4c5nc(c(-c6ccccc6)c6ccc([nH]6)c(-c6ccccc6)c6nc(c(-c7ccccc7)c7ccc4[nH]7)C=C6)C=C5)cc3)ccn2)c1. The van der Waals surface area contributed by atoms with E-state index in [1.807, 2.05) is 61.5 Å². The fourth-order valence-electron chi connectivity index (χ4n) is 8.55. The topological polar surface area (TPSA) is 112 Å². The molecule has 0 saturated carbocycles. The molecule has 0 saturated heterocycles. The summed E-state index contributed by atoms with van der Waals surface area (Å²) < 4.78 is 0. The number of hydrogen-bond donors (Lipinski definition) is 3. The largest absolute Gasteiger partial charge is 0.354 e. The normalized spacial score (nSPS) is 11.8. The van der Waals surface area contributed by atoms with Crippen LogP contribution in [-0.4, -0.2) is 35.8 Å². The van der Waals surface area contributed by atoms with Crippen LogP contribution in [0.1, 0.15) is 38.7 Å². The molecule has 0 aliphatic carbocycles. The molecule has 0 unspecified atom stereocenters. The number of carbonyl (C=O) groups is 1. The molecule has 0 fully saturated rings. The molecule has 8 nitrogen and oxygen atoms in total. The van der Waals surface area contributed by atoms with Gasteiger partial charge < -0.3 is 15.3 Å². The Morgan fingerprint density at radius 3 is 1.25 bits per heavy atom. The maximum atomic E-state index is 13.6. The summed E-state index contributed by atoms with van der Waals surface area (Å²) in [5, 5.41) is 3.08. The number of hydrogen-bond acceptors (Lipinski definition) is 5. The average molecular weight is 826 g/mol. The molecule has 7 heterocycles. The van der Waals surface area contributed by atoms with E-state index in [1.54, 1.807) is 24.5 Å². The van der Waals surface area contributed by atoms with E-state index in [9.17, 15) is 4.79 Å². The van der Waals surface area contributed by atoms with Crippen molar-refractivity contribution in [2.75, 3.05) is 5.32 Å². The first-order chi connectivity index (χ1) is 31.5. The quantitative estimate of drug-likeness (QED) is 0.148. The molecule has 2 aliphatic rings. The summed E-state index contributed by atoms with van der Waals surface area (Å²) in [4.78, 5) is 41.0. The van der Waals surface area contributed by atoms with E-state index in [4.69, 9.17) is 9.97 Å². The maximum absolute atomic E-state index is 13.6. The van der Waals surface area contributed by atoms with Crippen LogP contribution in [0, 0.1) is 6.92 Å². The first-order valence-corrected chi connectivity index (χ1v) is 21.2. The molecule has 0 atom stereocenters. The molecule has 1 amide bonds. The molecule has 0 radical (unpaired) electrons. The van der Waals surface area contributed by atoms with Gasteiger partial charge in [0.25, 0.3) is 5.91 Å². The van der Waals surface area contributed by atoms with E-state index in [1.165, 1.54) is 0 Å². The minimum atomic E-state index is -0.240. The van der Waals surface area contributed by atoms with Gasteiger partial charge in [-0.1, -0.05) is 103 Å². The number of nitrogens with zero attached hydrogens (tertiary/aromatic N) is 4. The van der Waals surface area contributed by atoms with Crippen LogP contribution in [0.3, 0.4) is 0 Å². The Morgan fingerprint density at radius 1 is 0.438 bits per heavy atom. The highest BCUT2D eigenvalue weighted by molar-refractivity contribution is 6.05. The number of pyridine rings is 2. The molecule has 11 rings (SSSR count). The van der Waals surface area contributed by atoms with E-state index >= 15 is 0 Å². The summed E-state index contributed by atoms with van der Waals surface area (Å²) in [6.45, 7) is 2.01. The molecule has 64 heavy (non-hydrogen) atoms. The Balaban J connectivity index is 1.11. The number of carbonyl (C=O) groups excluding carboxylic acids is 1. The summed E-state index contributed by atoms with van der Waals surface area (Å²) in [6.07, 6.45) is 11.8. The second kappa shape index (κ2) is 16.3. The molecule has 2 aliphatic heterocycles. The predicted molar refractivity (Wildman–Crippen MR) is 261 cm³/mol. The summed E-state index contributed by atoms with van der Waals surface area (Å²) in [5.74, 6) is -0.240. The highest BCUT2D eigenvalue weighted by Crippen LogP contribution is 2.38. The zero-order valence-electron chi connectivity index (χ0n) is 34.7. The fraction of sp³-hybridized carbons (Fsp3) is 0.0179. The number of fused-ring (bicyclic) bond motifs is 8.